The van der Waals surface area contributed by atoms with Gasteiger partial charge in [0.25, 0.3) is 0 Å². The number of aliphatic hydroxyl groups excluding tert-OH is 1. The molecular formula is C15H14BrFO2. The molecule has 0 bridgehead atoms. The molecule has 0 fully saturated rings. The average Bonchev–Trinajstić information content (AvgIpc) is 2.42. The minimum atomic E-state index is -0.870. The highest BCUT2D eigenvalue weighted by molar-refractivity contribution is 9.10. The van der Waals surface area contributed by atoms with Crippen molar-refractivity contribution < 1.29 is 14.2 Å². The second kappa shape index (κ2) is 6.17. The number of ether oxygens (including phenoxy) is 1. The minimum Gasteiger partial charge on any atom is -0.497 e. The Balaban J connectivity index is 2.15. The number of benzene rings is 2. The third-order valence-electron chi connectivity index (χ3n) is 2.91. The Bertz CT molecular complexity index is 555. The Morgan fingerprint density at radius 1 is 1.21 bits per heavy atom. The normalized spacial score (nSPS) is 12.2. The molecular weight excluding hydrogens is 311 g/mol. The van der Waals surface area contributed by atoms with Crippen molar-refractivity contribution in [2.24, 2.45) is 0 Å². The molecule has 1 N–H and O–H groups in total. The van der Waals surface area contributed by atoms with E-state index < -0.39 is 11.9 Å². The molecule has 0 heterocycles. The summed E-state index contributed by atoms with van der Waals surface area (Å²) in [5.74, 6) is 0.357. The maximum absolute atomic E-state index is 13.6. The molecule has 2 nitrogen and oxygen atoms in total. The van der Waals surface area contributed by atoms with Crippen LogP contribution >= 0.6 is 15.9 Å². The molecule has 2 rings (SSSR count). The van der Waals surface area contributed by atoms with Gasteiger partial charge in [-0.15, -0.1) is 0 Å². The van der Waals surface area contributed by atoms with Crippen molar-refractivity contribution in [3.8, 4) is 5.75 Å². The summed E-state index contributed by atoms with van der Waals surface area (Å²) in [6.45, 7) is 0. The summed E-state index contributed by atoms with van der Waals surface area (Å²) in [7, 11) is 1.60. The largest absolute Gasteiger partial charge is 0.497 e. The fourth-order valence-electron chi connectivity index (χ4n) is 1.86. The van der Waals surface area contributed by atoms with E-state index in [2.05, 4.69) is 15.9 Å². The van der Waals surface area contributed by atoms with Gasteiger partial charge in [-0.3, -0.25) is 0 Å². The summed E-state index contributed by atoms with van der Waals surface area (Å²) >= 11 is 3.27. The number of rotatable bonds is 4. The average molecular weight is 325 g/mol. The highest BCUT2D eigenvalue weighted by atomic mass is 79.9. The van der Waals surface area contributed by atoms with Gasteiger partial charge < -0.3 is 9.84 Å². The van der Waals surface area contributed by atoms with E-state index in [1.807, 2.05) is 24.3 Å². The van der Waals surface area contributed by atoms with Crippen molar-refractivity contribution >= 4 is 15.9 Å². The van der Waals surface area contributed by atoms with Crippen LogP contribution in [0.3, 0.4) is 0 Å². The summed E-state index contributed by atoms with van der Waals surface area (Å²) in [5, 5.41) is 10.1. The monoisotopic (exact) mass is 324 g/mol. The van der Waals surface area contributed by atoms with E-state index in [9.17, 15) is 9.50 Å². The second-order valence-electron chi connectivity index (χ2n) is 4.23. The summed E-state index contributed by atoms with van der Waals surface area (Å²) in [6.07, 6.45) is -0.511. The first-order chi connectivity index (χ1) is 9.10. The smallest absolute Gasteiger partial charge is 0.129 e. The summed E-state index contributed by atoms with van der Waals surface area (Å²) < 4.78 is 19.5. The van der Waals surface area contributed by atoms with E-state index in [1.54, 1.807) is 19.2 Å². The Labute approximate surface area is 120 Å². The zero-order chi connectivity index (χ0) is 13.8. The summed E-state index contributed by atoms with van der Waals surface area (Å²) in [4.78, 5) is 0. The van der Waals surface area contributed by atoms with E-state index in [0.717, 1.165) is 15.8 Å². The van der Waals surface area contributed by atoms with E-state index in [-0.39, 0.29) is 0 Å². The lowest BCUT2D eigenvalue weighted by atomic mass is 10.0. The standard InChI is InChI=1S/C15H14BrFO2/c1-19-12-5-2-10(3-6-12)8-15(18)13-9-11(16)4-7-14(13)17/h2-7,9,15,18H,8H2,1H3. The van der Waals surface area contributed by atoms with Crippen LogP contribution in [0.2, 0.25) is 0 Å². The topological polar surface area (TPSA) is 29.5 Å². The minimum absolute atomic E-state index is 0.296. The van der Waals surface area contributed by atoms with Crippen LogP contribution in [0.1, 0.15) is 17.2 Å². The molecule has 100 valence electrons. The van der Waals surface area contributed by atoms with Gasteiger partial charge in [0, 0.05) is 16.5 Å². The molecule has 2 aromatic rings. The van der Waals surface area contributed by atoms with E-state index in [1.165, 1.54) is 6.07 Å². The van der Waals surface area contributed by atoms with Gasteiger partial charge in [-0.2, -0.15) is 0 Å². The highest BCUT2D eigenvalue weighted by Crippen LogP contribution is 2.25. The molecule has 0 saturated heterocycles. The van der Waals surface area contributed by atoms with E-state index in [0.29, 0.717) is 12.0 Å². The molecule has 19 heavy (non-hydrogen) atoms. The van der Waals surface area contributed by atoms with Crippen molar-refractivity contribution in [2.45, 2.75) is 12.5 Å². The first kappa shape index (κ1) is 14.0. The predicted molar refractivity (Wildman–Crippen MR) is 75.8 cm³/mol. The van der Waals surface area contributed by atoms with Crippen LogP contribution in [0.25, 0.3) is 0 Å². The lowest BCUT2D eigenvalue weighted by molar-refractivity contribution is 0.173. The van der Waals surface area contributed by atoms with Gasteiger partial charge in [0.15, 0.2) is 0 Å². The summed E-state index contributed by atoms with van der Waals surface area (Å²) in [5.41, 5.74) is 1.22. The van der Waals surface area contributed by atoms with E-state index >= 15 is 0 Å². The molecule has 0 radical (unpaired) electrons. The molecule has 0 amide bonds. The Morgan fingerprint density at radius 2 is 1.89 bits per heavy atom. The van der Waals surface area contributed by atoms with Crippen LogP contribution in [0, 0.1) is 5.82 Å². The molecule has 0 aromatic heterocycles. The van der Waals surface area contributed by atoms with Crippen molar-refractivity contribution in [2.75, 3.05) is 7.11 Å². The Morgan fingerprint density at radius 3 is 2.53 bits per heavy atom. The van der Waals surface area contributed by atoms with Crippen molar-refractivity contribution in [1.82, 2.24) is 0 Å². The van der Waals surface area contributed by atoms with Gasteiger partial charge in [0.05, 0.1) is 13.2 Å². The van der Waals surface area contributed by atoms with Crippen molar-refractivity contribution in [3.05, 3.63) is 63.9 Å². The van der Waals surface area contributed by atoms with Crippen LogP contribution in [-0.4, -0.2) is 12.2 Å². The van der Waals surface area contributed by atoms with Crippen LogP contribution in [-0.2, 0) is 6.42 Å². The number of hydrogen-bond acceptors (Lipinski definition) is 2. The van der Waals surface area contributed by atoms with Gasteiger partial charge in [-0.1, -0.05) is 28.1 Å². The van der Waals surface area contributed by atoms with Gasteiger partial charge in [0.1, 0.15) is 11.6 Å². The maximum Gasteiger partial charge on any atom is 0.129 e. The van der Waals surface area contributed by atoms with Crippen LogP contribution < -0.4 is 4.74 Å². The predicted octanol–water partition coefficient (Wildman–Crippen LogP) is 3.87. The lowest BCUT2D eigenvalue weighted by Gasteiger charge is -2.13. The third-order valence-corrected chi connectivity index (χ3v) is 3.40. The van der Waals surface area contributed by atoms with Gasteiger partial charge in [-0.25, -0.2) is 4.39 Å². The number of hydrogen-bond donors (Lipinski definition) is 1. The zero-order valence-corrected chi connectivity index (χ0v) is 12.0. The quantitative estimate of drug-likeness (QED) is 0.925. The molecule has 0 aliphatic rings. The summed E-state index contributed by atoms with van der Waals surface area (Å²) in [6, 6.07) is 11.9. The lowest BCUT2D eigenvalue weighted by Crippen LogP contribution is -2.04. The maximum atomic E-state index is 13.6. The van der Waals surface area contributed by atoms with Crippen molar-refractivity contribution in [3.63, 3.8) is 0 Å². The molecule has 1 atom stereocenters. The van der Waals surface area contributed by atoms with Crippen LogP contribution in [0.4, 0.5) is 4.39 Å². The number of halogens is 2. The van der Waals surface area contributed by atoms with Gasteiger partial charge in [-0.05, 0) is 35.9 Å². The Hall–Kier alpha value is -1.39. The van der Waals surface area contributed by atoms with Crippen LogP contribution in [0.5, 0.6) is 5.75 Å². The van der Waals surface area contributed by atoms with E-state index in [4.69, 9.17) is 4.74 Å². The molecule has 0 spiro atoms. The fourth-order valence-corrected chi connectivity index (χ4v) is 2.24. The molecule has 1 unspecified atom stereocenters. The first-order valence-corrected chi connectivity index (χ1v) is 6.65. The molecule has 2 aromatic carbocycles. The van der Waals surface area contributed by atoms with Gasteiger partial charge in [0.2, 0.25) is 0 Å². The molecule has 0 saturated carbocycles. The number of methoxy groups -OCH3 is 1. The molecule has 0 aliphatic carbocycles. The van der Waals surface area contributed by atoms with Crippen molar-refractivity contribution in [1.29, 1.82) is 0 Å². The third kappa shape index (κ3) is 3.55. The highest BCUT2D eigenvalue weighted by Gasteiger charge is 2.14. The SMILES string of the molecule is COc1ccc(CC(O)c2cc(Br)ccc2F)cc1. The fraction of sp³-hybridized carbons (Fsp3) is 0.200. The zero-order valence-electron chi connectivity index (χ0n) is 10.4. The van der Waals surface area contributed by atoms with Gasteiger partial charge >= 0.3 is 0 Å². The number of aliphatic hydroxyl groups is 1. The molecule has 0 aliphatic heterocycles. The first-order valence-electron chi connectivity index (χ1n) is 5.86. The second-order valence-corrected chi connectivity index (χ2v) is 5.15. The molecule has 4 heteroatoms. The Kier molecular flexibility index (Phi) is 4.56. The van der Waals surface area contributed by atoms with Crippen LogP contribution in [0.15, 0.2) is 46.9 Å².